The fourth-order valence-corrected chi connectivity index (χ4v) is 6.33. The van der Waals surface area contributed by atoms with Gasteiger partial charge in [0.15, 0.2) is 0 Å². The number of fused-ring (bicyclic) bond motifs is 5. The van der Waals surface area contributed by atoms with E-state index in [4.69, 9.17) is 19.9 Å². The molecule has 0 bridgehead atoms. The van der Waals surface area contributed by atoms with Gasteiger partial charge in [0, 0.05) is 33.0 Å². The monoisotopic (exact) mass is 586 g/mol. The average Bonchev–Trinajstić information content (AvgIpc) is 3.14. The molecule has 0 atom stereocenters. The normalized spacial score (nSPS) is 11.5. The predicted octanol–water partition coefficient (Wildman–Crippen LogP) is 10.5. The number of hydrogen-bond donors (Lipinski definition) is 0. The van der Waals surface area contributed by atoms with Crippen molar-refractivity contribution in [3.05, 3.63) is 158 Å². The number of pyridine rings is 2. The maximum absolute atomic E-state index is 5.20. The van der Waals surface area contributed by atoms with E-state index in [1.807, 2.05) is 60.7 Å². The lowest BCUT2D eigenvalue weighted by Gasteiger charge is -2.13. The van der Waals surface area contributed by atoms with Crippen LogP contribution in [-0.4, -0.2) is 19.9 Å². The zero-order valence-corrected chi connectivity index (χ0v) is 24.8. The Labute approximate surface area is 265 Å². The largest absolute Gasteiger partial charge is 0.245 e. The van der Waals surface area contributed by atoms with Crippen LogP contribution in [0.3, 0.4) is 0 Å². The van der Waals surface area contributed by atoms with E-state index < -0.39 is 0 Å². The molecule has 0 amide bonds. The minimum absolute atomic E-state index is 0.874. The molecule has 4 heteroatoms. The van der Waals surface area contributed by atoms with Crippen molar-refractivity contribution in [2.75, 3.05) is 0 Å². The summed E-state index contributed by atoms with van der Waals surface area (Å²) < 4.78 is 0. The fraction of sp³-hybridized carbons (Fsp3) is 0. The van der Waals surface area contributed by atoms with E-state index in [1.165, 1.54) is 0 Å². The SMILES string of the molecule is c1ccc(-c2ccc3ccc4ccc(-c5ccc6c(-c7nc8ccccc8nc7-c7ccccc7)cccc6c5)nc4c3n2)cc1. The molecule has 9 aromatic rings. The first-order valence-corrected chi connectivity index (χ1v) is 15.4. The van der Waals surface area contributed by atoms with Gasteiger partial charge >= 0.3 is 0 Å². The molecule has 0 spiro atoms. The van der Waals surface area contributed by atoms with Gasteiger partial charge in [-0.2, -0.15) is 0 Å². The van der Waals surface area contributed by atoms with Crippen LogP contribution in [0.4, 0.5) is 0 Å². The molecule has 9 rings (SSSR count). The highest BCUT2D eigenvalue weighted by Gasteiger charge is 2.16. The summed E-state index contributed by atoms with van der Waals surface area (Å²) >= 11 is 0. The first kappa shape index (κ1) is 26.2. The molecule has 3 heterocycles. The Kier molecular flexibility index (Phi) is 6.10. The smallest absolute Gasteiger partial charge is 0.0979 e. The number of nitrogens with zero attached hydrogens (tertiary/aromatic N) is 4. The number of hydrogen-bond acceptors (Lipinski definition) is 4. The lowest BCUT2D eigenvalue weighted by Crippen LogP contribution is -1.96. The van der Waals surface area contributed by atoms with E-state index in [9.17, 15) is 0 Å². The molecule has 0 saturated carbocycles. The zero-order valence-electron chi connectivity index (χ0n) is 24.8. The molecule has 0 saturated heterocycles. The molecular formula is C42H26N4. The number of rotatable bonds is 4. The molecule has 0 aliphatic heterocycles. The summed E-state index contributed by atoms with van der Waals surface area (Å²) in [5.41, 5.74) is 11.4. The van der Waals surface area contributed by atoms with E-state index in [0.29, 0.717) is 0 Å². The lowest BCUT2D eigenvalue weighted by molar-refractivity contribution is 1.30. The maximum atomic E-state index is 5.20. The fourth-order valence-electron chi connectivity index (χ4n) is 6.33. The number of para-hydroxylation sites is 2. The van der Waals surface area contributed by atoms with Crippen LogP contribution < -0.4 is 0 Å². The summed E-state index contributed by atoms with van der Waals surface area (Å²) in [6, 6.07) is 54.3. The molecule has 0 aliphatic rings. The highest BCUT2D eigenvalue weighted by Crippen LogP contribution is 2.37. The van der Waals surface area contributed by atoms with Crippen LogP contribution in [0.15, 0.2) is 158 Å². The van der Waals surface area contributed by atoms with Gasteiger partial charge in [-0.25, -0.2) is 19.9 Å². The molecule has 0 fully saturated rings. The van der Waals surface area contributed by atoms with Gasteiger partial charge in [-0.15, -0.1) is 0 Å². The van der Waals surface area contributed by atoms with Crippen LogP contribution in [0.2, 0.25) is 0 Å². The first-order valence-electron chi connectivity index (χ1n) is 15.4. The van der Waals surface area contributed by atoms with Crippen LogP contribution in [0.1, 0.15) is 0 Å². The minimum atomic E-state index is 0.874. The van der Waals surface area contributed by atoms with Crippen molar-refractivity contribution in [3.8, 4) is 45.0 Å². The minimum Gasteiger partial charge on any atom is -0.245 e. The van der Waals surface area contributed by atoms with Crippen molar-refractivity contribution in [2.24, 2.45) is 0 Å². The Morgan fingerprint density at radius 1 is 0.326 bits per heavy atom. The summed E-state index contributed by atoms with van der Waals surface area (Å²) in [5.74, 6) is 0. The van der Waals surface area contributed by atoms with Gasteiger partial charge in [0.2, 0.25) is 0 Å². The van der Waals surface area contributed by atoms with E-state index in [-0.39, 0.29) is 0 Å². The van der Waals surface area contributed by atoms with E-state index >= 15 is 0 Å². The average molecular weight is 587 g/mol. The Morgan fingerprint density at radius 2 is 0.891 bits per heavy atom. The zero-order chi connectivity index (χ0) is 30.5. The lowest BCUT2D eigenvalue weighted by atomic mass is 9.96. The van der Waals surface area contributed by atoms with E-state index in [2.05, 4.69) is 97.1 Å². The molecule has 0 unspecified atom stereocenters. The molecule has 46 heavy (non-hydrogen) atoms. The van der Waals surface area contributed by atoms with Gasteiger partial charge in [-0.3, -0.25) is 0 Å². The van der Waals surface area contributed by atoms with Crippen LogP contribution in [0, 0.1) is 0 Å². The van der Waals surface area contributed by atoms with Crippen molar-refractivity contribution in [2.45, 2.75) is 0 Å². The number of benzene rings is 6. The van der Waals surface area contributed by atoms with Gasteiger partial charge < -0.3 is 0 Å². The summed E-state index contributed by atoms with van der Waals surface area (Å²) in [7, 11) is 0. The van der Waals surface area contributed by atoms with Gasteiger partial charge in [-0.05, 0) is 41.1 Å². The van der Waals surface area contributed by atoms with E-state index in [0.717, 1.165) is 88.6 Å². The second kappa shape index (κ2) is 10.7. The summed E-state index contributed by atoms with van der Waals surface area (Å²) in [5, 5.41) is 4.38. The molecule has 0 N–H and O–H groups in total. The third kappa shape index (κ3) is 4.47. The standard InChI is InChI=1S/C42H26N4/c1-3-10-27(11-4-1)35-24-21-29-18-19-30-22-25-36(44-40(30)39(29)43-35)32-20-23-33-31(26-32)14-9-15-34(33)42-41(28-12-5-2-6-13-28)45-37-16-7-8-17-38(37)46-42/h1-26H. The van der Waals surface area contributed by atoms with E-state index in [1.54, 1.807) is 0 Å². The predicted molar refractivity (Wildman–Crippen MR) is 189 cm³/mol. The van der Waals surface area contributed by atoms with Gasteiger partial charge in [0.1, 0.15) is 0 Å². The Morgan fingerprint density at radius 3 is 1.57 bits per heavy atom. The molecule has 3 aromatic heterocycles. The van der Waals surface area contributed by atoms with Crippen molar-refractivity contribution >= 4 is 43.6 Å². The molecule has 6 aromatic carbocycles. The number of aromatic nitrogens is 4. The third-order valence-electron chi connectivity index (χ3n) is 8.64. The Bertz CT molecular complexity index is 2580. The molecule has 0 aliphatic carbocycles. The summed E-state index contributed by atoms with van der Waals surface area (Å²) in [6.45, 7) is 0. The topological polar surface area (TPSA) is 51.6 Å². The van der Waals surface area contributed by atoms with Crippen LogP contribution >= 0.6 is 0 Å². The van der Waals surface area contributed by atoms with Crippen molar-refractivity contribution in [3.63, 3.8) is 0 Å². The maximum Gasteiger partial charge on any atom is 0.0979 e. The van der Waals surface area contributed by atoms with Crippen molar-refractivity contribution in [1.29, 1.82) is 0 Å². The van der Waals surface area contributed by atoms with Crippen LogP contribution in [0.5, 0.6) is 0 Å². The Hall–Kier alpha value is -6.26. The third-order valence-corrected chi connectivity index (χ3v) is 8.64. The summed E-state index contributed by atoms with van der Waals surface area (Å²) in [4.78, 5) is 20.5. The second-order valence-corrected chi connectivity index (χ2v) is 11.5. The van der Waals surface area contributed by atoms with Crippen molar-refractivity contribution in [1.82, 2.24) is 19.9 Å². The quantitative estimate of drug-likeness (QED) is 0.193. The van der Waals surface area contributed by atoms with Gasteiger partial charge in [0.25, 0.3) is 0 Å². The van der Waals surface area contributed by atoms with Crippen LogP contribution in [0.25, 0.3) is 88.6 Å². The molecular weight excluding hydrogens is 560 g/mol. The summed E-state index contributed by atoms with van der Waals surface area (Å²) in [6.07, 6.45) is 0. The highest BCUT2D eigenvalue weighted by atomic mass is 14.8. The van der Waals surface area contributed by atoms with Gasteiger partial charge in [0.05, 0.1) is 44.8 Å². The Balaban J connectivity index is 1.19. The van der Waals surface area contributed by atoms with Crippen molar-refractivity contribution < 1.29 is 0 Å². The molecule has 214 valence electrons. The van der Waals surface area contributed by atoms with Crippen LogP contribution in [-0.2, 0) is 0 Å². The molecule has 4 nitrogen and oxygen atoms in total. The first-order chi connectivity index (χ1) is 22.8. The molecule has 0 radical (unpaired) electrons. The second-order valence-electron chi connectivity index (χ2n) is 11.5. The highest BCUT2D eigenvalue weighted by molar-refractivity contribution is 6.05. The van der Waals surface area contributed by atoms with Gasteiger partial charge in [-0.1, -0.05) is 127 Å².